The predicted molar refractivity (Wildman–Crippen MR) is 86.8 cm³/mol. The molecule has 1 aliphatic rings. The molecule has 0 spiro atoms. The number of aryl methyl sites for hydroxylation is 1. The van der Waals surface area contributed by atoms with Gasteiger partial charge in [-0.15, -0.1) is 11.6 Å². The maximum Gasteiger partial charge on any atom is 0.269 e. The lowest BCUT2D eigenvalue weighted by Gasteiger charge is -2.33. The fourth-order valence-electron chi connectivity index (χ4n) is 3.43. The fourth-order valence-corrected chi connectivity index (χ4v) is 3.78. The highest BCUT2D eigenvalue weighted by Gasteiger charge is 2.28. The number of nitrogens with zero attached hydrogens (tertiary/aromatic N) is 1. The van der Waals surface area contributed by atoms with E-state index in [-0.39, 0.29) is 10.6 Å². The van der Waals surface area contributed by atoms with E-state index in [0.29, 0.717) is 11.3 Å². The molecule has 21 heavy (non-hydrogen) atoms. The van der Waals surface area contributed by atoms with Crippen molar-refractivity contribution in [1.82, 2.24) is 0 Å². The van der Waals surface area contributed by atoms with Crippen LogP contribution in [-0.4, -0.2) is 10.3 Å². The molecule has 1 fully saturated rings. The number of non-ortho nitro benzene ring substituents is 1. The van der Waals surface area contributed by atoms with Crippen LogP contribution < -0.4 is 0 Å². The molecule has 116 valence electrons. The van der Waals surface area contributed by atoms with Gasteiger partial charge in [-0.2, -0.15) is 0 Å². The van der Waals surface area contributed by atoms with Gasteiger partial charge in [-0.05, 0) is 49.5 Å². The van der Waals surface area contributed by atoms with Crippen molar-refractivity contribution in [1.29, 1.82) is 0 Å². The minimum absolute atomic E-state index is 0.162. The zero-order valence-electron chi connectivity index (χ0n) is 12.6. The molecule has 4 heteroatoms. The largest absolute Gasteiger partial charge is 0.269 e. The second kappa shape index (κ2) is 7.79. The Morgan fingerprint density at radius 2 is 1.95 bits per heavy atom. The molecule has 0 aromatic heterocycles. The highest BCUT2D eigenvalue weighted by atomic mass is 35.5. The number of alkyl halides is 1. The maximum absolute atomic E-state index is 10.6. The second-order valence-corrected chi connectivity index (χ2v) is 6.77. The van der Waals surface area contributed by atoms with E-state index in [0.717, 1.165) is 25.2 Å². The summed E-state index contributed by atoms with van der Waals surface area (Å²) >= 11 is 6.49. The molecular formula is C17H24ClNO2. The summed E-state index contributed by atoms with van der Waals surface area (Å²) in [5, 5.41) is 10.9. The van der Waals surface area contributed by atoms with Crippen molar-refractivity contribution in [3.8, 4) is 0 Å². The molecule has 0 saturated heterocycles. The Kier molecular flexibility index (Phi) is 6.04. The lowest BCUT2D eigenvalue weighted by molar-refractivity contribution is -0.384. The van der Waals surface area contributed by atoms with Gasteiger partial charge in [0, 0.05) is 17.5 Å². The summed E-state index contributed by atoms with van der Waals surface area (Å²) in [6, 6.07) is 6.92. The molecule has 3 nitrogen and oxygen atoms in total. The van der Waals surface area contributed by atoms with Crippen molar-refractivity contribution in [3.63, 3.8) is 0 Å². The number of nitro benzene ring substituents is 1. The first-order valence-corrected chi connectivity index (χ1v) is 8.41. The highest BCUT2D eigenvalue weighted by Crippen LogP contribution is 2.37. The molecule has 1 aromatic rings. The Morgan fingerprint density at radius 1 is 1.24 bits per heavy atom. The molecule has 1 saturated carbocycles. The van der Waals surface area contributed by atoms with Gasteiger partial charge in [0.05, 0.1) is 4.92 Å². The van der Waals surface area contributed by atoms with Crippen LogP contribution in [0.25, 0.3) is 0 Å². The lowest BCUT2D eigenvalue weighted by atomic mass is 9.77. The van der Waals surface area contributed by atoms with Crippen molar-refractivity contribution in [2.75, 3.05) is 0 Å². The van der Waals surface area contributed by atoms with Gasteiger partial charge < -0.3 is 0 Å². The molecule has 0 N–H and O–H groups in total. The molecule has 1 aromatic carbocycles. The zero-order valence-corrected chi connectivity index (χ0v) is 13.4. The Labute approximate surface area is 131 Å². The van der Waals surface area contributed by atoms with E-state index >= 15 is 0 Å². The molecule has 1 aliphatic carbocycles. The van der Waals surface area contributed by atoms with Crippen molar-refractivity contribution < 1.29 is 4.92 Å². The summed E-state index contributed by atoms with van der Waals surface area (Å²) in [5.74, 6) is 1.43. The molecule has 2 rings (SSSR count). The van der Waals surface area contributed by atoms with Gasteiger partial charge in [0.25, 0.3) is 5.69 Å². The van der Waals surface area contributed by atoms with Gasteiger partial charge in [0.1, 0.15) is 0 Å². The Hall–Kier alpha value is -1.09. The van der Waals surface area contributed by atoms with Crippen LogP contribution in [0.5, 0.6) is 0 Å². The first-order chi connectivity index (χ1) is 10.1. The topological polar surface area (TPSA) is 43.1 Å². The Morgan fingerprint density at radius 3 is 2.57 bits per heavy atom. The van der Waals surface area contributed by atoms with Crippen LogP contribution in [-0.2, 0) is 6.42 Å². The normalized spacial score (nSPS) is 25.7. The smallest absolute Gasteiger partial charge is 0.258 e. The van der Waals surface area contributed by atoms with E-state index in [1.807, 2.05) is 12.1 Å². The van der Waals surface area contributed by atoms with Gasteiger partial charge in [-0.1, -0.05) is 31.9 Å². The quantitative estimate of drug-likeness (QED) is 0.404. The third-order valence-corrected chi connectivity index (χ3v) is 5.22. The number of halogens is 1. The summed E-state index contributed by atoms with van der Waals surface area (Å²) in [6.45, 7) is 2.25. The SMILES string of the molecule is CCCC1CCC(Cl)C(CCc2ccc([N+](=O)[O-])cc2)C1. The maximum atomic E-state index is 10.6. The number of nitro groups is 1. The molecule has 0 aliphatic heterocycles. The minimum Gasteiger partial charge on any atom is -0.258 e. The fraction of sp³-hybridized carbons (Fsp3) is 0.647. The summed E-state index contributed by atoms with van der Waals surface area (Å²) < 4.78 is 0. The highest BCUT2D eigenvalue weighted by molar-refractivity contribution is 6.20. The first-order valence-electron chi connectivity index (χ1n) is 7.97. The van der Waals surface area contributed by atoms with Gasteiger partial charge in [-0.25, -0.2) is 0 Å². The number of hydrogen-bond acceptors (Lipinski definition) is 2. The van der Waals surface area contributed by atoms with Gasteiger partial charge in [0.15, 0.2) is 0 Å². The molecule has 0 bridgehead atoms. The molecule has 0 radical (unpaired) electrons. The molecule has 0 amide bonds. The number of benzene rings is 1. The average molecular weight is 310 g/mol. The van der Waals surface area contributed by atoms with E-state index in [9.17, 15) is 10.1 Å². The monoisotopic (exact) mass is 309 g/mol. The van der Waals surface area contributed by atoms with Gasteiger partial charge >= 0.3 is 0 Å². The standard InChI is InChI=1S/C17H24ClNO2/c1-2-3-14-7-11-17(18)15(12-14)8-4-13-5-9-16(10-6-13)19(20)21/h5-6,9-10,14-15,17H,2-4,7-8,11-12H2,1H3. The van der Waals surface area contributed by atoms with Crippen LogP contribution >= 0.6 is 11.6 Å². The van der Waals surface area contributed by atoms with Crippen molar-refractivity contribution in [3.05, 3.63) is 39.9 Å². The second-order valence-electron chi connectivity index (χ2n) is 6.21. The van der Waals surface area contributed by atoms with Crippen LogP contribution in [0.15, 0.2) is 24.3 Å². The van der Waals surface area contributed by atoms with Crippen molar-refractivity contribution >= 4 is 17.3 Å². The minimum atomic E-state index is -0.352. The van der Waals surface area contributed by atoms with Crippen LogP contribution in [0.3, 0.4) is 0 Å². The van der Waals surface area contributed by atoms with E-state index in [1.165, 1.54) is 31.2 Å². The predicted octanol–water partition coefficient (Wildman–Crippen LogP) is 5.35. The Bertz CT molecular complexity index is 460. The first kappa shape index (κ1) is 16.3. The summed E-state index contributed by atoms with van der Waals surface area (Å²) in [5.41, 5.74) is 1.33. The molecular weight excluding hydrogens is 286 g/mol. The summed E-state index contributed by atoms with van der Waals surface area (Å²) in [4.78, 5) is 10.3. The van der Waals surface area contributed by atoms with Crippen LogP contribution in [0.4, 0.5) is 5.69 Å². The Balaban J connectivity index is 1.87. The summed E-state index contributed by atoms with van der Waals surface area (Å²) in [7, 11) is 0. The van der Waals surface area contributed by atoms with Crippen molar-refractivity contribution in [2.45, 2.75) is 57.2 Å². The molecule has 0 heterocycles. The zero-order chi connectivity index (χ0) is 15.2. The number of hydrogen-bond donors (Lipinski definition) is 0. The van der Waals surface area contributed by atoms with Gasteiger partial charge in [0.2, 0.25) is 0 Å². The van der Waals surface area contributed by atoms with E-state index in [1.54, 1.807) is 12.1 Å². The third-order valence-electron chi connectivity index (χ3n) is 4.65. The van der Waals surface area contributed by atoms with Crippen LogP contribution in [0.1, 0.15) is 51.0 Å². The number of rotatable bonds is 6. The third kappa shape index (κ3) is 4.70. The average Bonchev–Trinajstić information content (AvgIpc) is 2.48. The van der Waals surface area contributed by atoms with Crippen LogP contribution in [0.2, 0.25) is 0 Å². The van der Waals surface area contributed by atoms with E-state index in [2.05, 4.69) is 6.92 Å². The van der Waals surface area contributed by atoms with E-state index in [4.69, 9.17) is 11.6 Å². The van der Waals surface area contributed by atoms with Gasteiger partial charge in [-0.3, -0.25) is 10.1 Å². The lowest BCUT2D eigenvalue weighted by Crippen LogP contribution is -2.26. The molecule has 3 atom stereocenters. The van der Waals surface area contributed by atoms with E-state index < -0.39 is 0 Å². The molecule has 3 unspecified atom stereocenters. The van der Waals surface area contributed by atoms with Crippen LogP contribution in [0, 0.1) is 22.0 Å². The summed E-state index contributed by atoms with van der Waals surface area (Å²) in [6.07, 6.45) is 8.28. The van der Waals surface area contributed by atoms with Crippen molar-refractivity contribution in [2.24, 2.45) is 11.8 Å².